The molecule has 0 spiro atoms. The summed E-state index contributed by atoms with van der Waals surface area (Å²) in [5.74, 6) is 0. The zero-order chi connectivity index (χ0) is 20.1. The average Bonchev–Trinajstić information content (AvgIpc) is 3.15. The Morgan fingerprint density at radius 2 is 1.57 bits per heavy atom. The van der Waals surface area contributed by atoms with E-state index in [2.05, 4.69) is 34.9 Å². The van der Waals surface area contributed by atoms with Crippen molar-refractivity contribution < 1.29 is 13.2 Å². The van der Waals surface area contributed by atoms with Gasteiger partial charge in [0.2, 0.25) is 0 Å². The molecule has 0 aliphatic rings. The molecule has 0 fully saturated rings. The number of nitrogens with one attached hydrogen (secondary N) is 1. The molecule has 0 aliphatic heterocycles. The normalized spacial score (nSPS) is 11.9. The van der Waals surface area contributed by atoms with E-state index in [1.54, 1.807) is 0 Å². The van der Waals surface area contributed by atoms with Crippen LogP contribution >= 0.6 is 0 Å². The van der Waals surface area contributed by atoms with Crippen LogP contribution in [-0.2, 0) is 19.1 Å². The van der Waals surface area contributed by atoms with Gasteiger partial charge in [0, 0.05) is 31.7 Å². The molecule has 0 radical (unpaired) electrons. The molecule has 0 saturated carbocycles. The van der Waals surface area contributed by atoms with Crippen molar-refractivity contribution in [1.82, 2.24) is 14.9 Å². The van der Waals surface area contributed by atoms with Crippen LogP contribution in [0.15, 0.2) is 61.1 Å². The number of aromatic nitrogens is 2. The number of benzene rings is 2. The van der Waals surface area contributed by atoms with Gasteiger partial charge >= 0.3 is 6.18 Å². The van der Waals surface area contributed by atoms with E-state index < -0.39 is 11.7 Å². The first-order valence-electron chi connectivity index (χ1n) is 9.32. The van der Waals surface area contributed by atoms with Crippen molar-refractivity contribution in [3.05, 3.63) is 77.9 Å². The minimum atomic E-state index is -4.30. The summed E-state index contributed by atoms with van der Waals surface area (Å²) in [7, 11) is 0. The average molecular weight is 387 g/mol. The maximum atomic E-state index is 12.7. The van der Waals surface area contributed by atoms with Gasteiger partial charge in [-0.15, -0.1) is 0 Å². The van der Waals surface area contributed by atoms with Gasteiger partial charge in [-0.05, 0) is 42.7 Å². The second kappa shape index (κ2) is 8.61. The van der Waals surface area contributed by atoms with Crippen LogP contribution in [-0.4, -0.2) is 16.1 Å². The molecule has 0 aliphatic carbocycles. The number of hydrogen-bond donors (Lipinski definition) is 1. The molecule has 0 bridgehead atoms. The lowest BCUT2D eigenvalue weighted by Crippen LogP contribution is -2.16. The van der Waals surface area contributed by atoms with Crippen LogP contribution in [0.4, 0.5) is 13.2 Å². The van der Waals surface area contributed by atoms with Gasteiger partial charge in [0.05, 0.1) is 17.6 Å². The Labute approximate surface area is 163 Å². The van der Waals surface area contributed by atoms with Crippen molar-refractivity contribution in [3.63, 3.8) is 0 Å². The maximum absolute atomic E-state index is 12.7. The van der Waals surface area contributed by atoms with Crippen molar-refractivity contribution in [2.45, 2.75) is 39.0 Å². The molecule has 0 unspecified atom stereocenters. The lowest BCUT2D eigenvalue weighted by molar-refractivity contribution is -0.137. The van der Waals surface area contributed by atoms with E-state index in [1.165, 1.54) is 12.1 Å². The first-order valence-corrected chi connectivity index (χ1v) is 9.32. The highest BCUT2D eigenvalue weighted by atomic mass is 19.4. The Balaban J connectivity index is 1.50. The molecule has 6 heteroatoms. The largest absolute Gasteiger partial charge is 0.416 e. The van der Waals surface area contributed by atoms with Gasteiger partial charge < -0.3 is 9.88 Å². The summed E-state index contributed by atoms with van der Waals surface area (Å²) in [5, 5.41) is 3.40. The van der Waals surface area contributed by atoms with E-state index in [0.717, 1.165) is 54.0 Å². The molecule has 28 heavy (non-hydrogen) atoms. The van der Waals surface area contributed by atoms with Crippen LogP contribution in [0, 0.1) is 0 Å². The van der Waals surface area contributed by atoms with Gasteiger partial charge in [-0.2, -0.15) is 13.2 Å². The van der Waals surface area contributed by atoms with Crippen molar-refractivity contribution in [2.75, 3.05) is 6.54 Å². The molecule has 1 N–H and O–H groups in total. The fraction of sp³-hybridized carbons (Fsp3) is 0.318. The smallest absolute Gasteiger partial charge is 0.335 e. The molecule has 0 atom stereocenters. The Morgan fingerprint density at radius 3 is 2.11 bits per heavy atom. The fourth-order valence-corrected chi connectivity index (χ4v) is 2.91. The van der Waals surface area contributed by atoms with E-state index in [-0.39, 0.29) is 0 Å². The third-order valence-electron chi connectivity index (χ3n) is 4.64. The summed E-state index contributed by atoms with van der Waals surface area (Å²) in [5.41, 5.74) is 3.24. The Morgan fingerprint density at radius 1 is 0.964 bits per heavy atom. The van der Waals surface area contributed by atoms with E-state index >= 15 is 0 Å². The van der Waals surface area contributed by atoms with E-state index in [4.69, 9.17) is 0 Å². The van der Waals surface area contributed by atoms with Crippen LogP contribution in [0.25, 0.3) is 11.1 Å². The van der Waals surface area contributed by atoms with Crippen LogP contribution in [0.5, 0.6) is 0 Å². The second-order valence-corrected chi connectivity index (χ2v) is 7.10. The molecule has 1 aromatic heterocycles. The predicted octanol–water partition coefficient (Wildman–Crippen LogP) is 5.48. The highest BCUT2D eigenvalue weighted by molar-refractivity contribution is 5.64. The van der Waals surface area contributed by atoms with Crippen LogP contribution in [0.2, 0.25) is 0 Å². The summed E-state index contributed by atoms with van der Waals surface area (Å²) in [4.78, 5) is 4.40. The van der Waals surface area contributed by atoms with Crippen LogP contribution < -0.4 is 5.32 Å². The second-order valence-electron chi connectivity index (χ2n) is 7.10. The Hall–Kier alpha value is -2.60. The Kier molecular flexibility index (Phi) is 6.19. The molecule has 3 rings (SSSR count). The summed E-state index contributed by atoms with van der Waals surface area (Å²) >= 11 is 0. The van der Waals surface area contributed by atoms with Crippen LogP contribution in [0.3, 0.4) is 0 Å². The summed E-state index contributed by atoms with van der Waals surface area (Å²) < 4.78 is 40.1. The number of hydrogen-bond acceptors (Lipinski definition) is 2. The Bertz CT molecular complexity index is 879. The molecule has 0 amide bonds. The number of imidazole rings is 1. The van der Waals surface area contributed by atoms with Gasteiger partial charge in [0.15, 0.2) is 0 Å². The molecule has 1 heterocycles. The molecule has 0 saturated heterocycles. The van der Waals surface area contributed by atoms with Crippen LogP contribution in [0.1, 0.15) is 36.7 Å². The number of halogens is 3. The number of alkyl halides is 3. The first-order chi connectivity index (χ1) is 13.3. The van der Waals surface area contributed by atoms with Gasteiger partial charge in [-0.3, -0.25) is 0 Å². The van der Waals surface area contributed by atoms with E-state index in [9.17, 15) is 13.2 Å². The van der Waals surface area contributed by atoms with E-state index in [0.29, 0.717) is 6.04 Å². The van der Waals surface area contributed by atoms with Gasteiger partial charge in [-0.25, -0.2) is 4.98 Å². The molecule has 2 aromatic carbocycles. The number of nitrogens with zero attached hydrogens (tertiary/aromatic N) is 2. The first kappa shape index (κ1) is 20.1. The third-order valence-corrected chi connectivity index (χ3v) is 4.64. The topological polar surface area (TPSA) is 29.9 Å². The summed E-state index contributed by atoms with van der Waals surface area (Å²) in [6.07, 6.45) is 0.496. The van der Waals surface area contributed by atoms with Crippen molar-refractivity contribution in [1.29, 1.82) is 0 Å². The van der Waals surface area contributed by atoms with Gasteiger partial charge in [0.25, 0.3) is 0 Å². The zero-order valence-corrected chi connectivity index (χ0v) is 16.0. The summed E-state index contributed by atoms with van der Waals surface area (Å²) in [6, 6.07) is 13.5. The third kappa shape index (κ3) is 5.23. The minimum absolute atomic E-state index is 0.414. The molecule has 3 nitrogen and oxygen atoms in total. The molecule has 148 valence electrons. The highest BCUT2D eigenvalue weighted by Crippen LogP contribution is 2.31. The van der Waals surface area contributed by atoms with Crippen molar-refractivity contribution >= 4 is 0 Å². The van der Waals surface area contributed by atoms with Crippen molar-refractivity contribution in [2.24, 2.45) is 0 Å². The molecular weight excluding hydrogens is 363 g/mol. The zero-order valence-electron chi connectivity index (χ0n) is 16.0. The quantitative estimate of drug-likeness (QED) is 0.544. The number of rotatable bonds is 7. The van der Waals surface area contributed by atoms with Gasteiger partial charge in [0.1, 0.15) is 0 Å². The van der Waals surface area contributed by atoms with Crippen molar-refractivity contribution in [3.8, 4) is 11.1 Å². The SMILES string of the molecule is CC(C)n1cnc(CCNCc2ccc(-c3ccc(C(F)(F)F)cc3)cc2)c1. The fourth-order valence-electron chi connectivity index (χ4n) is 2.91. The molecule has 3 aromatic rings. The van der Waals surface area contributed by atoms with Gasteiger partial charge in [-0.1, -0.05) is 36.4 Å². The lowest BCUT2D eigenvalue weighted by atomic mass is 10.0. The standard InChI is InChI=1S/C22H24F3N3/c1-16(2)28-14-21(27-15-28)11-12-26-13-17-3-5-18(6-4-17)19-7-9-20(10-8-19)22(23,24)25/h3-10,14-16,26H,11-13H2,1-2H3. The highest BCUT2D eigenvalue weighted by Gasteiger charge is 2.29. The molecular formula is C22H24F3N3. The predicted molar refractivity (Wildman–Crippen MR) is 105 cm³/mol. The minimum Gasteiger partial charge on any atom is -0.335 e. The maximum Gasteiger partial charge on any atom is 0.416 e. The van der Waals surface area contributed by atoms with E-state index in [1.807, 2.05) is 30.6 Å². The summed E-state index contributed by atoms with van der Waals surface area (Å²) in [6.45, 7) is 5.81. The lowest BCUT2D eigenvalue weighted by Gasteiger charge is -2.09. The monoisotopic (exact) mass is 387 g/mol.